The first kappa shape index (κ1) is 15.4. The molecule has 0 amide bonds. The van der Waals surface area contributed by atoms with Gasteiger partial charge < -0.3 is 5.32 Å². The first-order valence-electron chi connectivity index (χ1n) is 6.54. The summed E-state index contributed by atoms with van der Waals surface area (Å²) in [6, 6.07) is 5.12. The zero-order chi connectivity index (χ0) is 15.5. The number of aromatic nitrogens is 2. The Hall–Kier alpha value is -1.95. The van der Waals surface area contributed by atoms with Gasteiger partial charge in [0, 0.05) is 25.0 Å². The van der Waals surface area contributed by atoms with Crippen LogP contribution in [-0.2, 0) is 12.7 Å². The van der Waals surface area contributed by atoms with Crippen molar-refractivity contribution in [2.45, 2.75) is 32.6 Å². The normalized spacial score (nSPS) is 13.2. The fourth-order valence-electron chi connectivity index (χ4n) is 1.87. The van der Waals surface area contributed by atoms with Gasteiger partial charge in [-0.2, -0.15) is 13.2 Å². The molecule has 2 rings (SSSR count). The molecule has 0 spiro atoms. The van der Waals surface area contributed by atoms with Crippen LogP contribution >= 0.6 is 0 Å². The molecule has 1 aromatic carbocycles. The van der Waals surface area contributed by atoms with Crippen LogP contribution in [0.5, 0.6) is 0 Å². The van der Waals surface area contributed by atoms with Gasteiger partial charge in [-0.05, 0) is 31.5 Å². The van der Waals surface area contributed by atoms with Crippen LogP contribution in [0.3, 0.4) is 0 Å². The Morgan fingerprint density at radius 2 is 1.95 bits per heavy atom. The average molecular weight is 295 g/mol. The van der Waals surface area contributed by atoms with Crippen molar-refractivity contribution in [3.8, 4) is 0 Å². The minimum Gasteiger partial charge on any atom is -0.305 e. The largest absolute Gasteiger partial charge is 0.416 e. The van der Waals surface area contributed by atoms with E-state index in [1.165, 1.54) is 12.1 Å². The molecule has 0 saturated heterocycles. The molecule has 6 heteroatoms. The van der Waals surface area contributed by atoms with E-state index in [9.17, 15) is 13.2 Å². The smallest absolute Gasteiger partial charge is 0.305 e. The fourth-order valence-corrected chi connectivity index (χ4v) is 1.87. The van der Waals surface area contributed by atoms with Gasteiger partial charge in [-0.25, -0.2) is 0 Å². The topological polar surface area (TPSA) is 37.8 Å². The van der Waals surface area contributed by atoms with Crippen molar-refractivity contribution in [1.29, 1.82) is 0 Å². The minimum absolute atomic E-state index is 0.213. The summed E-state index contributed by atoms with van der Waals surface area (Å²) in [5.41, 5.74) is 1.53. The van der Waals surface area contributed by atoms with Crippen molar-refractivity contribution < 1.29 is 13.2 Å². The number of alkyl halides is 3. The third kappa shape index (κ3) is 4.26. The van der Waals surface area contributed by atoms with Crippen molar-refractivity contribution in [3.63, 3.8) is 0 Å². The number of rotatable bonds is 4. The lowest BCUT2D eigenvalue weighted by Gasteiger charge is -2.16. The highest BCUT2D eigenvalue weighted by molar-refractivity contribution is 5.27. The second-order valence-electron chi connectivity index (χ2n) is 4.87. The second-order valence-corrected chi connectivity index (χ2v) is 4.87. The molecule has 1 aromatic heterocycles. The van der Waals surface area contributed by atoms with Crippen LogP contribution in [-0.4, -0.2) is 9.97 Å². The van der Waals surface area contributed by atoms with Crippen molar-refractivity contribution in [2.24, 2.45) is 0 Å². The van der Waals surface area contributed by atoms with Crippen LogP contribution in [0.4, 0.5) is 13.2 Å². The third-order valence-corrected chi connectivity index (χ3v) is 3.14. The molecule has 0 radical (unpaired) electrons. The molecule has 0 saturated carbocycles. The molecule has 0 bridgehead atoms. The van der Waals surface area contributed by atoms with E-state index >= 15 is 0 Å². The van der Waals surface area contributed by atoms with Crippen molar-refractivity contribution in [1.82, 2.24) is 15.3 Å². The molecule has 1 N–H and O–H groups in total. The SMILES string of the molecule is Cc1cnc(CNC(C)c2cccc(C(F)(F)F)c2)cn1. The van der Waals surface area contributed by atoms with E-state index < -0.39 is 11.7 Å². The van der Waals surface area contributed by atoms with Crippen LogP contribution in [0.1, 0.15) is 35.5 Å². The van der Waals surface area contributed by atoms with Crippen LogP contribution in [0, 0.1) is 6.92 Å². The van der Waals surface area contributed by atoms with Crippen molar-refractivity contribution in [3.05, 3.63) is 59.2 Å². The van der Waals surface area contributed by atoms with Gasteiger partial charge >= 0.3 is 6.18 Å². The van der Waals surface area contributed by atoms with E-state index in [1.807, 2.05) is 13.8 Å². The summed E-state index contributed by atoms with van der Waals surface area (Å²) >= 11 is 0. The Balaban J connectivity index is 2.03. The molecule has 0 fully saturated rings. The zero-order valence-electron chi connectivity index (χ0n) is 11.8. The fraction of sp³-hybridized carbons (Fsp3) is 0.333. The van der Waals surface area contributed by atoms with E-state index in [0.717, 1.165) is 17.5 Å². The van der Waals surface area contributed by atoms with E-state index in [0.29, 0.717) is 12.1 Å². The molecule has 1 atom stereocenters. The molecular weight excluding hydrogens is 279 g/mol. The highest BCUT2D eigenvalue weighted by atomic mass is 19.4. The summed E-state index contributed by atoms with van der Waals surface area (Å²) in [6.45, 7) is 4.11. The minimum atomic E-state index is -4.32. The lowest BCUT2D eigenvalue weighted by atomic mass is 10.0. The van der Waals surface area contributed by atoms with Gasteiger partial charge in [0.15, 0.2) is 0 Å². The number of nitrogens with one attached hydrogen (secondary N) is 1. The number of nitrogens with zero attached hydrogens (tertiary/aromatic N) is 2. The molecule has 1 unspecified atom stereocenters. The Labute approximate surface area is 121 Å². The highest BCUT2D eigenvalue weighted by Gasteiger charge is 2.30. The lowest BCUT2D eigenvalue weighted by molar-refractivity contribution is -0.137. The standard InChI is InChI=1S/C15H16F3N3/c1-10-7-21-14(8-19-10)9-20-11(2)12-4-3-5-13(6-12)15(16,17)18/h3-8,11,20H,9H2,1-2H3. The quantitative estimate of drug-likeness (QED) is 0.935. The molecule has 0 aliphatic rings. The summed E-state index contributed by atoms with van der Waals surface area (Å²) in [5.74, 6) is 0. The van der Waals surface area contributed by atoms with Crippen LogP contribution in [0.15, 0.2) is 36.7 Å². The first-order chi connectivity index (χ1) is 9.86. The maximum Gasteiger partial charge on any atom is 0.416 e. The van der Waals surface area contributed by atoms with E-state index in [-0.39, 0.29) is 6.04 Å². The highest BCUT2D eigenvalue weighted by Crippen LogP contribution is 2.30. The number of aryl methyl sites for hydroxylation is 1. The van der Waals surface area contributed by atoms with Gasteiger partial charge in [0.1, 0.15) is 0 Å². The van der Waals surface area contributed by atoms with Crippen LogP contribution in [0.25, 0.3) is 0 Å². The van der Waals surface area contributed by atoms with Gasteiger partial charge in [-0.3, -0.25) is 9.97 Å². The predicted molar refractivity (Wildman–Crippen MR) is 73.5 cm³/mol. The number of halogens is 3. The number of benzene rings is 1. The second kappa shape index (κ2) is 6.22. The molecule has 3 nitrogen and oxygen atoms in total. The van der Waals surface area contributed by atoms with Gasteiger partial charge in [-0.1, -0.05) is 12.1 Å². The lowest BCUT2D eigenvalue weighted by Crippen LogP contribution is -2.19. The Morgan fingerprint density at radius 1 is 1.19 bits per heavy atom. The Morgan fingerprint density at radius 3 is 2.57 bits per heavy atom. The zero-order valence-corrected chi connectivity index (χ0v) is 11.8. The molecule has 112 valence electrons. The molecular formula is C15H16F3N3. The summed E-state index contributed by atoms with van der Waals surface area (Å²) in [5, 5.41) is 3.14. The third-order valence-electron chi connectivity index (χ3n) is 3.14. The Bertz CT molecular complexity index is 594. The molecule has 0 aliphatic carbocycles. The maximum absolute atomic E-state index is 12.7. The first-order valence-corrected chi connectivity index (χ1v) is 6.54. The summed E-state index contributed by atoms with van der Waals surface area (Å²) in [7, 11) is 0. The van der Waals surface area contributed by atoms with Crippen molar-refractivity contribution in [2.75, 3.05) is 0 Å². The molecule has 21 heavy (non-hydrogen) atoms. The molecule has 0 aliphatic heterocycles. The predicted octanol–water partition coefficient (Wildman–Crippen LogP) is 3.65. The summed E-state index contributed by atoms with van der Waals surface area (Å²) < 4.78 is 38.0. The summed E-state index contributed by atoms with van der Waals surface area (Å²) in [4.78, 5) is 8.32. The van der Waals surface area contributed by atoms with E-state index in [1.54, 1.807) is 18.5 Å². The van der Waals surface area contributed by atoms with Gasteiger partial charge in [0.25, 0.3) is 0 Å². The van der Waals surface area contributed by atoms with E-state index in [4.69, 9.17) is 0 Å². The maximum atomic E-state index is 12.7. The van der Waals surface area contributed by atoms with Crippen molar-refractivity contribution >= 4 is 0 Å². The molecule has 2 aromatic rings. The monoisotopic (exact) mass is 295 g/mol. The Kier molecular flexibility index (Phi) is 4.57. The number of hydrogen-bond donors (Lipinski definition) is 1. The van der Waals surface area contributed by atoms with Crippen LogP contribution in [0.2, 0.25) is 0 Å². The number of hydrogen-bond acceptors (Lipinski definition) is 3. The van der Waals surface area contributed by atoms with Gasteiger partial charge in [0.05, 0.1) is 17.0 Å². The van der Waals surface area contributed by atoms with Gasteiger partial charge in [0.2, 0.25) is 0 Å². The van der Waals surface area contributed by atoms with Crippen LogP contribution < -0.4 is 5.32 Å². The molecule has 1 heterocycles. The van der Waals surface area contributed by atoms with Gasteiger partial charge in [-0.15, -0.1) is 0 Å². The van der Waals surface area contributed by atoms with E-state index in [2.05, 4.69) is 15.3 Å². The summed E-state index contributed by atoms with van der Waals surface area (Å²) in [6.07, 6.45) is -1.01. The average Bonchev–Trinajstić information content (AvgIpc) is 2.45.